The number of rotatable bonds is 6. The number of esters is 1. The van der Waals surface area contributed by atoms with Gasteiger partial charge in [-0.25, -0.2) is 14.2 Å². The van der Waals surface area contributed by atoms with Crippen LogP contribution in [-0.4, -0.2) is 38.0 Å². The molecule has 35 heavy (non-hydrogen) atoms. The van der Waals surface area contributed by atoms with Crippen molar-refractivity contribution in [2.24, 2.45) is 0 Å². The first-order chi connectivity index (χ1) is 16.7. The molecular weight excluding hydrogens is 446 g/mol. The Balaban J connectivity index is 1.55. The third-order valence-electron chi connectivity index (χ3n) is 5.44. The molecular formula is C26H27N5O4. The van der Waals surface area contributed by atoms with E-state index in [0.29, 0.717) is 23.1 Å². The minimum absolute atomic E-state index is 0.0146. The van der Waals surface area contributed by atoms with E-state index in [1.54, 1.807) is 41.9 Å². The van der Waals surface area contributed by atoms with Gasteiger partial charge in [-0.15, -0.1) is 0 Å². The summed E-state index contributed by atoms with van der Waals surface area (Å²) in [7, 11) is 0. The number of ether oxygens (including phenoxy) is 1. The molecule has 9 nitrogen and oxygen atoms in total. The fourth-order valence-corrected chi connectivity index (χ4v) is 3.58. The first-order valence-electron chi connectivity index (χ1n) is 11.3. The second-order valence-electron chi connectivity index (χ2n) is 9.05. The summed E-state index contributed by atoms with van der Waals surface area (Å²) in [6, 6.07) is 17.9. The molecule has 1 amide bonds. The van der Waals surface area contributed by atoms with Gasteiger partial charge in [-0.3, -0.25) is 9.59 Å². The molecule has 1 N–H and O–H groups in total. The van der Waals surface area contributed by atoms with Crippen molar-refractivity contribution < 1.29 is 14.3 Å². The molecule has 0 spiro atoms. The number of amides is 1. The van der Waals surface area contributed by atoms with E-state index in [1.165, 1.54) is 4.68 Å². The van der Waals surface area contributed by atoms with E-state index in [4.69, 9.17) is 4.74 Å². The molecule has 180 valence electrons. The van der Waals surface area contributed by atoms with Gasteiger partial charge in [0.1, 0.15) is 5.82 Å². The number of fused-ring (bicyclic) bond motifs is 1. The molecule has 0 aliphatic heterocycles. The minimum Gasteiger partial charge on any atom is -0.451 e. The van der Waals surface area contributed by atoms with Crippen molar-refractivity contribution in [3.05, 3.63) is 82.4 Å². The molecule has 2 aromatic carbocycles. The number of nitrogens with zero attached hydrogens (tertiary/aromatic N) is 4. The molecule has 0 radical (unpaired) electrons. The lowest BCUT2D eigenvalue weighted by Gasteiger charge is -2.14. The van der Waals surface area contributed by atoms with Crippen LogP contribution in [-0.2, 0) is 21.5 Å². The number of aryl methyl sites for hydroxylation is 1. The van der Waals surface area contributed by atoms with Crippen LogP contribution >= 0.6 is 0 Å². The molecule has 0 bridgehead atoms. The third-order valence-corrected chi connectivity index (χ3v) is 5.44. The average molecular weight is 474 g/mol. The highest BCUT2D eigenvalue weighted by Gasteiger charge is 2.23. The Labute approximate surface area is 202 Å². The Morgan fingerprint density at radius 3 is 2.29 bits per heavy atom. The van der Waals surface area contributed by atoms with Crippen LogP contribution in [0, 0.1) is 0 Å². The lowest BCUT2D eigenvalue weighted by atomic mass is 9.92. The third kappa shape index (κ3) is 4.98. The zero-order valence-electron chi connectivity index (χ0n) is 20.1. The predicted octanol–water partition coefficient (Wildman–Crippen LogP) is 3.70. The molecule has 0 atom stereocenters. The topological polar surface area (TPSA) is 108 Å². The van der Waals surface area contributed by atoms with Crippen LogP contribution in [0.4, 0.5) is 5.82 Å². The first-order valence-corrected chi connectivity index (χ1v) is 11.3. The van der Waals surface area contributed by atoms with Crippen LogP contribution < -0.4 is 10.9 Å². The number of carbonyl (C=O) groups is 2. The monoisotopic (exact) mass is 473 g/mol. The molecule has 4 aromatic rings. The maximum absolute atomic E-state index is 12.8. The average Bonchev–Trinajstić information content (AvgIpc) is 3.28. The van der Waals surface area contributed by atoms with Gasteiger partial charge in [0.25, 0.3) is 11.5 Å². The summed E-state index contributed by atoms with van der Waals surface area (Å²) in [5, 5.41) is 12.3. The van der Waals surface area contributed by atoms with Gasteiger partial charge in [0.2, 0.25) is 0 Å². The quantitative estimate of drug-likeness (QED) is 0.428. The van der Waals surface area contributed by atoms with Crippen molar-refractivity contribution in [1.82, 2.24) is 19.6 Å². The van der Waals surface area contributed by atoms with Crippen molar-refractivity contribution in [2.45, 2.75) is 39.7 Å². The number of para-hydroxylation sites is 1. The second kappa shape index (κ2) is 9.54. The van der Waals surface area contributed by atoms with Crippen molar-refractivity contribution in [3.63, 3.8) is 0 Å². The summed E-state index contributed by atoms with van der Waals surface area (Å²) in [5.74, 6) is -0.847. The number of aromatic nitrogens is 4. The Morgan fingerprint density at radius 2 is 1.63 bits per heavy atom. The highest BCUT2D eigenvalue weighted by molar-refractivity contribution is 6.03. The van der Waals surface area contributed by atoms with E-state index >= 15 is 0 Å². The van der Waals surface area contributed by atoms with Crippen molar-refractivity contribution >= 4 is 28.5 Å². The maximum Gasteiger partial charge on any atom is 0.359 e. The van der Waals surface area contributed by atoms with E-state index in [9.17, 15) is 14.4 Å². The van der Waals surface area contributed by atoms with Crippen LogP contribution in [0.2, 0.25) is 0 Å². The second-order valence-corrected chi connectivity index (χ2v) is 9.05. The molecule has 0 unspecified atom stereocenters. The Hall–Kier alpha value is -4.27. The van der Waals surface area contributed by atoms with Crippen molar-refractivity contribution in [3.8, 4) is 5.69 Å². The largest absolute Gasteiger partial charge is 0.451 e. The highest BCUT2D eigenvalue weighted by atomic mass is 16.5. The van der Waals surface area contributed by atoms with Gasteiger partial charge in [-0.1, -0.05) is 57.2 Å². The van der Waals surface area contributed by atoms with Gasteiger partial charge >= 0.3 is 5.97 Å². The van der Waals surface area contributed by atoms with Crippen LogP contribution in [0.1, 0.15) is 43.9 Å². The Bertz CT molecular complexity index is 1450. The fourth-order valence-electron chi connectivity index (χ4n) is 3.58. The van der Waals surface area contributed by atoms with Gasteiger partial charge in [-0.05, 0) is 25.1 Å². The number of hydrogen-bond acceptors (Lipinski definition) is 6. The predicted molar refractivity (Wildman–Crippen MR) is 133 cm³/mol. The van der Waals surface area contributed by atoms with Crippen LogP contribution in [0.5, 0.6) is 0 Å². The van der Waals surface area contributed by atoms with Gasteiger partial charge in [0.15, 0.2) is 12.3 Å². The molecule has 9 heteroatoms. The van der Waals surface area contributed by atoms with Gasteiger partial charge in [0, 0.05) is 23.4 Å². The van der Waals surface area contributed by atoms with Crippen LogP contribution in [0.3, 0.4) is 0 Å². The standard InChI is InChI=1S/C26H27N5O4/c1-5-30-24(33)19-14-10-9-13-18(19)23(29-30)25(34)35-16-22(32)27-21-15-20(26(2,3)4)28-31(21)17-11-7-6-8-12-17/h6-15H,5,16H2,1-4H3,(H,27,32). The number of carbonyl (C=O) groups excluding carboxylic acids is 2. The van der Waals surface area contributed by atoms with Crippen molar-refractivity contribution in [2.75, 3.05) is 11.9 Å². The number of benzene rings is 2. The van der Waals surface area contributed by atoms with Gasteiger partial charge < -0.3 is 10.1 Å². The summed E-state index contributed by atoms with van der Waals surface area (Å²) >= 11 is 0. The van der Waals surface area contributed by atoms with E-state index in [1.807, 2.05) is 51.1 Å². The molecule has 0 aliphatic carbocycles. The van der Waals surface area contributed by atoms with E-state index in [-0.39, 0.29) is 16.7 Å². The lowest BCUT2D eigenvalue weighted by Crippen LogP contribution is -2.27. The molecule has 4 rings (SSSR count). The minimum atomic E-state index is -0.787. The summed E-state index contributed by atoms with van der Waals surface area (Å²) in [4.78, 5) is 38.0. The Kier molecular flexibility index (Phi) is 6.50. The highest BCUT2D eigenvalue weighted by Crippen LogP contribution is 2.26. The molecule has 0 aliphatic rings. The van der Waals surface area contributed by atoms with E-state index in [0.717, 1.165) is 11.4 Å². The zero-order valence-corrected chi connectivity index (χ0v) is 20.1. The molecule has 2 heterocycles. The van der Waals surface area contributed by atoms with Crippen molar-refractivity contribution in [1.29, 1.82) is 0 Å². The molecule has 2 aromatic heterocycles. The molecule has 0 saturated heterocycles. The number of hydrogen-bond donors (Lipinski definition) is 1. The SMILES string of the molecule is CCn1nc(C(=O)OCC(=O)Nc2cc(C(C)(C)C)nn2-c2ccccc2)c2ccccc2c1=O. The smallest absolute Gasteiger partial charge is 0.359 e. The summed E-state index contributed by atoms with van der Waals surface area (Å²) < 4.78 is 8.12. The van der Waals surface area contributed by atoms with E-state index in [2.05, 4.69) is 15.5 Å². The lowest BCUT2D eigenvalue weighted by molar-refractivity contribution is -0.119. The van der Waals surface area contributed by atoms with Gasteiger partial charge in [0.05, 0.1) is 16.8 Å². The number of nitrogens with one attached hydrogen (secondary N) is 1. The summed E-state index contributed by atoms with van der Waals surface area (Å²) in [6.45, 7) is 7.63. The zero-order chi connectivity index (χ0) is 25.2. The normalized spacial score (nSPS) is 11.4. The van der Waals surface area contributed by atoms with Crippen LogP contribution in [0.25, 0.3) is 16.5 Å². The Morgan fingerprint density at radius 1 is 0.971 bits per heavy atom. The molecule has 0 saturated carbocycles. The molecule has 0 fully saturated rings. The van der Waals surface area contributed by atoms with E-state index < -0.39 is 18.5 Å². The summed E-state index contributed by atoms with van der Waals surface area (Å²) in [5.41, 5.74) is 1.04. The van der Waals surface area contributed by atoms with Crippen LogP contribution in [0.15, 0.2) is 65.5 Å². The first kappa shape index (κ1) is 23.9. The number of anilines is 1. The summed E-state index contributed by atoms with van der Waals surface area (Å²) in [6.07, 6.45) is 0. The fraction of sp³-hybridized carbons (Fsp3) is 0.269. The maximum atomic E-state index is 12.8. The van der Waals surface area contributed by atoms with Gasteiger partial charge in [-0.2, -0.15) is 10.2 Å².